The van der Waals surface area contributed by atoms with Crippen LogP contribution in [0, 0.1) is 0 Å². The van der Waals surface area contributed by atoms with Crippen molar-refractivity contribution in [3.63, 3.8) is 0 Å². The Bertz CT molecular complexity index is 336. The van der Waals surface area contributed by atoms with Gasteiger partial charge in [0.25, 0.3) is 0 Å². The predicted octanol–water partition coefficient (Wildman–Crippen LogP) is 3.05. The predicted molar refractivity (Wildman–Crippen MR) is 57.2 cm³/mol. The van der Waals surface area contributed by atoms with Crippen LogP contribution in [0.1, 0.15) is 32.3 Å². The third kappa shape index (κ3) is 2.13. The SMILES string of the molecule is C/C=C(/C)c1ccc(OC2CC2)nc1. The lowest BCUT2D eigenvalue weighted by atomic mass is 10.1. The first kappa shape index (κ1) is 9.25. The fourth-order valence-corrected chi connectivity index (χ4v) is 1.21. The van der Waals surface area contributed by atoms with Gasteiger partial charge in [0, 0.05) is 12.3 Å². The molecule has 0 amide bonds. The number of ether oxygens (including phenoxy) is 1. The zero-order chi connectivity index (χ0) is 9.97. The van der Waals surface area contributed by atoms with Crippen molar-refractivity contribution in [2.45, 2.75) is 32.8 Å². The second-order valence-corrected chi connectivity index (χ2v) is 3.67. The molecule has 1 aromatic heterocycles. The van der Waals surface area contributed by atoms with Crippen molar-refractivity contribution in [3.8, 4) is 5.88 Å². The van der Waals surface area contributed by atoms with E-state index in [-0.39, 0.29) is 0 Å². The minimum Gasteiger partial charge on any atom is -0.474 e. The van der Waals surface area contributed by atoms with Crippen molar-refractivity contribution in [1.82, 2.24) is 4.98 Å². The third-order valence-electron chi connectivity index (χ3n) is 2.44. The third-order valence-corrected chi connectivity index (χ3v) is 2.44. The lowest BCUT2D eigenvalue weighted by Crippen LogP contribution is -1.97. The van der Waals surface area contributed by atoms with Crippen LogP contribution in [0.15, 0.2) is 24.4 Å². The van der Waals surface area contributed by atoms with Crippen molar-refractivity contribution in [2.24, 2.45) is 0 Å². The highest BCUT2D eigenvalue weighted by Crippen LogP contribution is 2.25. The second kappa shape index (κ2) is 3.82. The summed E-state index contributed by atoms with van der Waals surface area (Å²) in [5, 5.41) is 0. The summed E-state index contributed by atoms with van der Waals surface area (Å²) in [5.41, 5.74) is 2.41. The van der Waals surface area contributed by atoms with Gasteiger partial charge in [-0.3, -0.25) is 0 Å². The molecule has 0 unspecified atom stereocenters. The molecule has 0 atom stereocenters. The summed E-state index contributed by atoms with van der Waals surface area (Å²) in [6.45, 7) is 4.11. The Balaban J connectivity index is 2.08. The van der Waals surface area contributed by atoms with Gasteiger partial charge in [-0.2, -0.15) is 0 Å². The van der Waals surface area contributed by atoms with Gasteiger partial charge in [0.15, 0.2) is 0 Å². The Hall–Kier alpha value is -1.31. The molecule has 0 aliphatic heterocycles. The minimum atomic E-state index is 0.427. The van der Waals surface area contributed by atoms with Gasteiger partial charge >= 0.3 is 0 Å². The molecule has 1 aliphatic carbocycles. The maximum atomic E-state index is 5.56. The number of nitrogens with zero attached hydrogens (tertiary/aromatic N) is 1. The van der Waals surface area contributed by atoms with E-state index in [1.807, 2.05) is 19.2 Å². The van der Waals surface area contributed by atoms with E-state index in [9.17, 15) is 0 Å². The molecule has 2 nitrogen and oxygen atoms in total. The van der Waals surface area contributed by atoms with Crippen LogP contribution >= 0.6 is 0 Å². The van der Waals surface area contributed by atoms with Crippen molar-refractivity contribution in [2.75, 3.05) is 0 Å². The Morgan fingerprint density at radius 3 is 2.79 bits per heavy atom. The van der Waals surface area contributed by atoms with E-state index in [1.54, 1.807) is 0 Å². The van der Waals surface area contributed by atoms with Crippen LogP contribution < -0.4 is 4.74 Å². The first-order valence-corrected chi connectivity index (χ1v) is 5.05. The van der Waals surface area contributed by atoms with Gasteiger partial charge in [-0.25, -0.2) is 4.98 Å². The van der Waals surface area contributed by atoms with Gasteiger partial charge in [0.2, 0.25) is 5.88 Å². The molecule has 1 fully saturated rings. The Kier molecular flexibility index (Phi) is 2.53. The summed E-state index contributed by atoms with van der Waals surface area (Å²) < 4.78 is 5.56. The molecule has 2 rings (SSSR count). The van der Waals surface area contributed by atoms with Gasteiger partial charge in [-0.1, -0.05) is 6.08 Å². The fourth-order valence-electron chi connectivity index (χ4n) is 1.21. The lowest BCUT2D eigenvalue weighted by molar-refractivity contribution is 0.291. The van der Waals surface area contributed by atoms with Crippen LogP contribution in [0.25, 0.3) is 5.57 Å². The largest absolute Gasteiger partial charge is 0.474 e. The Morgan fingerprint density at radius 2 is 2.29 bits per heavy atom. The number of rotatable bonds is 3. The molecule has 0 bridgehead atoms. The van der Waals surface area contributed by atoms with Crippen LogP contribution in [-0.4, -0.2) is 11.1 Å². The highest BCUT2D eigenvalue weighted by Gasteiger charge is 2.23. The van der Waals surface area contributed by atoms with E-state index in [1.165, 1.54) is 18.4 Å². The maximum Gasteiger partial charge on any atom is 0.213 e. The van der Waals surface area contributed by atoms with E-state index in [4.69, 9.17) is 4.74 Å². The van der Waals surface area contributed by atoms with Crippen molar-refractivity contribution in [3.05, 3.63) is 30.0 Å². The summed E-state index contributed by atoms with van der Waals surface area (Å²) in [6, 6.07) is 4.00. The fraction of sp³-hybridized carbons (Fsp3) is 0.417. The quantitative estimate of drug-likeness (QED) is 0.729. The van der Waals surface area contributed by atoms with Crippen LogP contribution in [0.2, 0.25) is 0 Å². The molecule has 1 aromatic rings. The molecule has 1 saturated carbocycles. The molecular weight excluding hydrogens is 174 g/mol. The lowest BCUT2D eigenvalue weighted by Gasteiger charge is -2.04. The van der Waals surface area contributed by atoms with Crippen molar-refractivity contribution < 1.29 is 4.74 Å². The molecule has 1 heterocycles. The van der Waals surface area contributed by atoms with Crippen LogP contribution in [0.4, 0.5) is 0 Å². The minimum absolute atomic E-state index is 0.427. The molecule has 0 saturated heterocycles. The summed E-state index contributed by atoms with van der Waals surface area (Å²) in [5.74, 6) is 0.750. The highest BCUT2D eigenvalue weighted by molar-refractivity contribution is 5.62. The standard InChI is InChI=1S/C12H15NO/c1-3-9(2)10-4-7-12(13-8-10)14-11-5-6-11/h3-4,7-8,11H,5-6H2,1-2H3/b9-3-. The monoisotopic (exact) mass is 189 g/mol. The van der Waals surface area contributed by atoms with E-state index >= 15 is 0 Å². The number of pyridine rings is 1. The summed E-state index contributed by atoms with van der Waals surface area (Å²) >= 11 is 0. The first-order chi connectivity index (χ1) is 6.79. The molecule has 0 radical (unpaired) electrons. The number of aromatic nitrogens is 1. The summed E-state index contributed by atoms with van der Waals surface area (Å²) in [6.07, 6.45) is 6.73. The Morgan fingerprint density at radius 1 is 1.50 bits per heavy atom. The Labute approximate surface area is 84.6 Å². The smallest absolute Gasteiger partial charge is 0.213 e. The van der Waals surface area contributed by atoms with Gasteiger partial charge in [-0.15, -0.1) is 0 Å². The van der Waals surface area contributed by atoms with Gasteiger partial charge in [0.05, 0.1) is 0 Å². The van der Waals surface area contributed by atoms with Crippen molar-refractivity contribution in [1.29, 1.82) is 0 Å². The van der Waals surface area contributed by atoms with E-state index < -0.39 is 0 Å². The van der Waals surface area contributed by atoms with Gasteiger partial charge in [-0.05, 0) is 43.9 Å². The van der Waals surface area contributed by atoms with Crippen LogP contribution in [0.3, 0.4) is 0 Å². The molecule has 1 aliphatic rings. The first-order valence-electron chi connectivity index (χ1n) is 5.05. The molecule has 14 heavy (non-hydrogen) atoms. The van der Waals surface area contributed by atoms with Gasteiger partial charge in [0.1, 0.15) is 6.10 Å². The zero-order valence-corrected chi connectivity index (χ0v) is 8.66. The highest BCUT2D eigenvalue weighted by atomic mass is 16.5. The summed E-state index contributed by atoms with van der Waals surface area (Å²) in [7, 11) is 0. The van der Waals surface area contributed by atoms with E-state index in [0.29, 0.717) is 6.10 Å². The molecule has 2 heteroatoms. The van der Waals surface area contributed by atoms with Crippen LogP contribution in [0.5, 0.6) is 5.88 Å². The molecule has 0 N–H and O–H groups in total. The molecule has 0 aromatic carbocycles. The topological polar surface area (TPSA) is 22.1 Å². The van der Waals surface area contributed by atoms with E-state index in [0.717, 1.165) is 11.4 Å². The van der Waals surface area contributed by atoms with Gasteiger partial charge < -0.3 is 4.74 Å². The number of hydrogen-bond acceptors (Lipinski definition) is 2. The zero-order valence-electron chi connectivity index (χ0n) is 8.66. The molecule has 74 valence electrons. The normalized spacial score (nSPS) is 16.9. The number of allylic oxidation sites excluding steroid dienone is 2. The number of hydrogen-bond donors (Lipinski definition) is 0. The molecule has 0 spiro atoms. The maximum absolute atomic E-state index is 5.56. The average Bonchev–Trinajstić information content (AvgIpc) is 3.02. The van der Waals surface area contributed by atoms with Crippen molar-refractivity contribution >= 4 is 5.57 Å². The second-order valence-electron chi connectivity index (χ2n) is 3.67. The molecular formula is C12H15NO. The average molecular weight is 189 g/mol. The van der Waals surface area contributed by atoms with E-state index in [2.05, 4.69) is 24.1 Å². The summed E-state index contributed by atoms with van der Waals surface area (Å²) in [4.78, 5) is 4.26. The van der Waals surface area contributed by atoms with Crippen LogP contribution in [-0.2, 0) is 0 Å².